The highest BCUT2D eigenvalue weighted by molar-refractivity contribution is 4.92. The highest BCUT2D eigenvalue weighted by Crippen LogP contribution is 2.40. The fraction of sp³-hybridized carbons (Fsp3) is 1.00. The van der Waals surface area contributed by atoms with Gasteiger partial charge in [0.15, 0.2) is 0 Å². The Labute approximate surface area is 114 Å². The van der Waals surface area contributed by atoms with E-state index in [4.69, 9.17) is 0 Å². The van der Waals surface area contributed by atoms with E-state index in [2.05, 4.69) is 53.5 Å². The molecule has 0 aromatic rings. The van der Waals surface area contributed by atoms with Gasteiger partial charge in [0.25, 0.3) is 0 Å². The summed E-state index contributed by atoms with van der Waals surface area (Å²) in [4.78, 5) is 2.48. The molecule has 0 spiro atoms. The summed E-state index contributed by atoms with van der Waals surface area (Å²) < 4.78 is 0. The van der Waals surface area contributed by atoms with Gasteiger partial charge in [0, 0.05) is 12.6 Å². The zero-order valence-electron chi connectivity index (χ0n) is 13.5. The van der Waals surface area contributed by atoms with Crippen molar-refractivity contribution in [3.8, 4) is 0 Å². The van der Waals surface area contributed by atoms with Crippen LogP contribution in [0.25, 0.3) is 0 Å². The number of rotatable bonds is 2. The summed E-state index contributed by atoms with van der Waals surface area (Å²) in [6.07, 6.45) is 2.97. The summed E-state index contributed by atoms with van der Waals surface area (Å²) in [6, 6.07) is 0.521. The lowest BCUT2D eigenvalue weighted by Gasteiger charge is -2.47. The van der Waals surface area contributed by atoms with Crippen LogP contribution in [0.1, 0.15) is 60.8 Å². The molecule has 0 heterocycles. The van der Waals surface area contributed by atoms with E-state index in [1.165, 1.54) is 0 Å². The first-order chi connectivity index (χ1) is 8.00. The van der Waals surface area contributed by atoms with E-state index in [0.717, 1.165) is 25.8 Å². The number of aliphatic hydroxyl groups excluding tert-OH is 1. The number of aliphatic hydroxyl groups is 1. The third-order valence-corrected chi connectivity index (χ3v) is 4.19. The van der Waals surface area contributed by atoms with Crippen molar-refractivity contribution in [3.05, 3.63) is 0 Å². The van der Waals surface area contributed by atoms with Crippen LogP contribution >= 0.6 is 0 Å². The molecule has 3 atom stereocenters. The lowest BCUT2D eigenvalue weighted by Crippen LogP contribution is -2.50. The monoisotopic (exact) mass is 255 g/mol. The van der Waals surface area contributed by atoms with Crippen molar-refractivity contribution in [2.75, 3.05) is 13.6 Å². The third kappa shape index (κ3) is 4.55. The first-order valence-electron chi connectivity index (χ1n) is 7.39. The van der Waals surface area contributed by atoms with Gasteiger partial charge in [-0.05, 0) is 43.1 Å². The minimum atomic E-state index is -0.101. The fourth-order valence-corrected chi connectivity index (χ4v) is 3.49. The molecule has 1 aliphatic carbocycles. The predicted molar refractivity (Wildman–Crippen MR) is 78.7 cm³/mol. The summed E-state index contributed by atoms with van der Waals surface area (Å²) in [5.41, 5.74) is 0.649. The summed E-state index contributed by atoms with van der Waals surface area (Å²) in [5.74, 6) is 0.688. The van der Waals surface area contributed by atoms with Gasteiger partial charge in [-0.25, -0.2) is 0 Å². The van der Waals surface area contributed by atoms with Crippen LogP contribution in [0.5, 0.6) is 0 Å². The number of hydrogen-bond acceptors (Lipinski definition) is 2. The highest BCUT2D eigenvalue weighted by atomic mass is 16.3. The topological polar surface area (TPSA) is 23.5 Å². The molecule has 0 saturated heterocycles. The third-order valence-electron chi connectivity index (χ3n) is 4.19. The van der Waals surface area contributed by atoms with Gasteiger partial charge >= 0.3 is 0 Å². The molecule has 0 bridgehead atoms. The molecule has 1 saturated carbocycles. The Bertz CT molecular complexity index is 261. The van der Waals surface area contributed by atoms with Crippen molar-refractivity contribution in [1.29, 1.82) is 0 Å². The van der Waals surface area contributed by atoms with Crippen LogP contribution in [0.2, 0.25) is 0 Å². The van der Waals surface area contributed by atoms with E-state index < -0.39 is 0 Å². The van der Waals surface area contributed by atoms with Crippen LogP contribution < -0.4 is 0 Å². The van der Waals surface area contributed by atoms with Crippen LogP contribution in [0.4, 0.5) is 0 Å². The molecule has 18 heavy (non-hydrogen) atoms. The van der Waals surface area contributed by atoms with Gasteiger partial charge in [0.05, 0.1) is 6.10 Å². The Morgan fingerprint density at radius 3 is 2.06 bits per heavy atom. The molecule has 1 aliphatic rings. The first kappa shape index (κ1) is 16.0. The Hall–Kier alpha value is -0.0800. The van der Waals surface area contributed by atoms with Crippen molar-refractivity contribution in [1.82, 2.24) is 4.90 Å². The molecular weight excluding hydrogens is 222 g/mol. The zero-order chi connectivity index (χ0) is 14.1. The summed E-state index contributed by atoms with van der Waals surface area (Å²) in [7, 11) is 2.23. The Kier molecular flexibility index (Phi) is 4.88. The summed E-state index contributed by atoms with van der Waals surface area (Å²) in [6.45, 7) is 15.0. The van der Waals surface area contributed by atoms with Crippen LogP contribution in [0.15, 0.2) is 0 Å². The van der Waals surface area contributed by atoms with Gasteiger partial charge < -0.3 is 10.0 Å². The molecule has 1 rings (SSSR count). The lowest BCUT2D eigenvalue weighted by atomic mass is 9.68. The summed E-state index contributed by atoms with van der Waals surface area (Å²) >= 11 is 0. The molecule has 1 fully saturated rings. The van der Waals surface area contributed by atoms with Crippen LogP contribution in [0.3, 0.4) is 0 Å². The molecule has 0 amide bonds. The van der Waals surface area contributed by atoms with E-state index in [1.54, 1.807) is 0 Å². The Morgan fingerprint density at radius 2 is 1.61 bits per heavy atom. The van der Waals surface area contributed by atoms with E-state index in [-0.39, 0.29) is 6.10 Å². The molecule has 3 unspecified atom stereocenters. The van der Waals surface area contributed by atoms with Crippen molar-refractivity contribution in [2.24, 2.45) is 16.7 Å². The molecule has 0 aromatic heterocycles. The minimum absolute atomic E-state index is 0.101. The van der Waals surface area contributed by atoms with Gasteiger partial charge in [0.1, 0.15) is 0 Å². The van der Waals surface area contributed by atoms with E-state index >= 15 is 0 Å². The SMILES string of the molecule is CN(CC(C)(C)C)C1CC(O)CCC1C(C)(C)C. The second-order valence-corrected chi connectivity index (χ2v) is 8.48. The van der Waals surface area contributed by atoms with E-state index in [0.29, 0.717) is 22.8 Å². The number of nitrogens with zero attached hydrogens (tertiary/aromatic N) is 1. The van der Waals surface area contributed by atoms with Gasteiger partial charge in [0.2, 0.25) is 0 Å². The normalized spacial score (nSPS) is 30.8. The quantitative estimate of drug-likeness (QED) is 0.816. The minimum Gasteiger partial charge on any atom is -0.393 e. The molecule has 0 aliphatic heterocycles. The van der Waals surface area contributed by atoms with Crippen LogP contribution in [-0.2, 0) is 0 Å². The largest absolute Gasteiger partial charge is 0.393 e. The summed E-state index contributed by atoms with van der Waals surface area (Å²) in [5, 5.41) is 9.98. The molecule has 108 valence electrons. The average molecular weight is 255 g/mol. The predicted octanol–water partition coefficient (Wildman–Crippen LogP) is 3.54. The second kappa shape index (κ2) is 5.50. The van der Waals surface area contributed by atoms with Gasteiger partial charge in [-0.15, -0.1) is 0 Å². The Morgan fingerprint density at radius 1 is 1.06 bits per heavy atom. The van der Waals surface area contributed by atoms with Crippen molar-refractivity contribution >= 4 is 0 Å². The van der Waals surface area contributed by atoms with E-state index in [1.807, 2.05) is 0 Å². The molecule has 1 N–H and O–H groups in total. The van der Waals surface area contributed by atoms with E-state index in [9.17, 15) is 5.11 Å². The highest BCUT2D eigenvalue weighted by Gasteiger charge is 2.39. The average Bonchev–Trinajstić information content (AvgIpc) is 2.12. The molecule has 2 heteroatoms. The van der Waals surface area contributed by atoms with Crippen LogP contribution in [0, 0.1) is 16.7 Å². The zero-order valence-corrected chi connectivity index (χ0v) is 13.5. The Balaban J connectivity index is 2.79. The van der Waals surface area contributed by atoms with Crippen molar-refractivity contribution in [2.45, 2.75) is 73.0 Å². The smallest absolute Gasteiger partial charge is 0.0555 e. The number of hydrogen-bond donors (Lipinski definition) is 1. The maximum Gasteiger partial charge on any atom is 0.0555 e. The van der Waals surface area contributed by atoms with Crippen molar-refractivity contribution in [3.63, 3.8) is 0 Å². The van der Waals surface area contributed by atoms with Gasteiger partial charge in [-0.1, -0.05) is 41.5 Å². The maximum absolute atomic E-state index is 9.98. The van der Waals surface area contributed by atoms with Gasteiger partial charge in [-0.3, -0.25) is 0 Å². The van der Waals surface area contributed by atoms with Crippen LogP contribution in [-0.4, -0.2) is 35.7 Å². The molecule has 0 radical (unpaired) electrons. The molecular formula is C16H33NO. The molecule has 2 nitrogen and oxygen atoms in total. The maximum atomic E-state index is 9.98. The van der Waals surface area contributed by atoms with Crippen molar-refractivity contribution < 1.29 is 5.11 Å². The molecule has 0 aromatic carbocycles. The second-order valence-electron chi connectivity index (χ2n) is 8.48. The fourth-order valence-electron chi connectivity index (χ4n) is 3.49. The van der Waals surface area contributed by atoms with Gasteiger partial charge in [-0.2, -0.15) is 0 Å². The lowest BCUT2D eigenvalue weighted by molar-refractivity contribution is -0.0115. The first-order valence-corrected chi connectivity index (χ1v) is 7.39. The standard InChI is InChI=1S/C16H33NO/c1-15(2,3)11-17(7)14-10-12(18)8-9-13(14)16(4,5)6/h12-14,18H,8-11H2,1-7H3.